The van der Waals surface area contributed by atoms with E-state index >= 15 is 0 Å². The Hall–Kier alpha value is -0.910. The molecule has 1 aromatic rings. The summed E-state index contributed by atoms with van der Waals surface area (Å²) in [6, 6.07) is 2.10. The van der Waals surface area contributed by atoms with Crippen LogP contribution in [-0.2, 0) is 11.3 Å². The average molecular weight is 306 g/mol. The predicted octanol–water partition coefficient (Wildman–Crippen LogP) is 1.84. The van der Waals surface area contributed by atoms with Gasteiger partial charge in [-0.15, -0.1) is 0 Å². The van der Waals surface area contributed by atoms with Gasteiger partial charge in [0.05, 0.1) is 6.61 Å². The minimum atomic E-state index is 0.837. The molecule has 1 saturated heterocycles. The van der Waals surface area contributed by atoms with E-state index < -0.39 is 0 Å². The molecule has 0 spiro atoms. The molecule has 5 heteroatoms. The first kappa shape index (κ1) is 16.0. The summed E-state index contributed by atoms with van der Waals surface area (Å²) in [5, 5.41) is 7.17. The molecule has 0 radical (unpaired) electrons. The van der Waals surface area contributed by atoms with Crippen LogP contribution in [0.5, 0.6) is 0 Å². The normalized spacial score (nSPS) is 29.1. The highest BCUT2D eigenvalue weighted by Crippen LogP contribution is 2.40. The van der Waals surface area contributed by atoms with Crippen molar-refractivity contribution < 1.29 is 4.74 Å². The van der Waals surface area contributed by atoms with Crippen molar-refractivity contribution in [2.75, 3.05) is 46.9 Å². The Bertz CT molecular complexity index is 436. The van der Waals surface area contributed by atoms with Gasteiger partial charge in [0.25, 0.3) is 0 Å². The molecular weight excluding hydrogens is 276 g/mol. The molecular formula is C17H30N4O. The van der Waals surface area contributed by atoms with Crippen LogP contribution in [0, 0.1) is 17.8 Å². The largest absolute Gasteiger partial charge is 0.383 e. The zero-order chi connectivity index (χ0) is 15.4. The van der Waals surface area contributed by atoms with E-state index in [1.54, 1.807) is 7.11 Å². The van der Waals surface area contributed by atoms with Gasteiger partial charge in [-0.1, -0.05) is 6.42 Å². The van der Waals surface area contributed by atoms with Crippen molar-refractivity contribution in [3.05, 3.63) is 18.0 Å². The molecule has 1 N–H and O–H groups in total. The van der Waals surface area contributed by atoms with Gasteiger partial charge in [-0.05, 0) is 43.7 Å². The SMILES string of the molecule is COCCN(C)C[C@@H]1CCC[C@@H]2CN(Cc3ccn[nH]3)C[C@@H]21. The summed E-state index contributed by atoms with van der Waals surface area (Å²) in [6.45, 7) is 6.65. The summed E-state index contributed by atoms with van der Waals surface area (Å²) in [7, 11) is 4.02. The molecule has 3 atom stereocenters. The summed E-state index contributed by atoms with van der Waals surface area (Å²) in [5.41, 5.74) is 1.24. The Morgan fingerprint density at radius 3 is 3.09 bits per heavy atom. The van der Waals surface area contributed by atoms with Gasteiger partial charge in [-0.25, -0.2) is 0 Å². The Kier molecular flexibility index (Phi) is 5.50. The van der Waals surface area contributed by atoms with Crippen LogP contribution in [0.1, 0.15) is 25.0 Å². The zero-order valence-electron chi connectivity index (χ0n) is 14.0. The third kappa shape index (κ3) is 3.89. The van der Waals surface area contributed by atoms with Crippen LogP contribution >= 0.6 is 0 Å². The molecule has 1 aromatic heterocycles. The molecule has 1 aliphatic carbocycles. The van der Waals surface area contributed by atoms with E-state index in [0.29, 0.717) is 0 Å². The molecule has 0 bridgehead atoms. The third-order valence-electron chi connectivity index (χ3n) is 5.50. The Labute approximate surface area is 134 Å². The van der Waals surface area contributed by atoms with Crippen molar-refractivity contribution in [2.45, 2.75) is 25.8 Å². The molecule has 2 heterocycles. The van der Waals surface area contributed by atoms with Crippen LogP contribution in [0.15, 0.2) is 12.3 Å². The van der Waals surface area contributed by atoms with Gasteiger partial charge in [0.2, 0.25) is 0 Å². The number of likely N-dealkylation sites (tertiary alicyclic amines) is 1. The third-order valence-corrected chi connectivity index (χ3v) is 5.50. The van der Waals surface area contributed by atoms with Gasteiger partial charge in [-0.2, -0.15) is 5.10 Å². The first-order valence-corrected chi connectivity index (χ1v) is 8.64. The van der Waals surface area contributed by atoms with Gasteiger partial charge in [0, 0.05) is 51.7 Å². The van der Waals surface area contributed by atoms with Crippen LogP contribution in [0.3, 0.4) is 0 Å². The number of methoxy groups -OCH3 is 1. The van der Waals surface area contributed by atoms with Gasteiger partial charge < -0.3 is 9.64 Å². The predicted molar refractivity (Wildman–Crippen MR) is 87.6 cm³/mol. The van der Waals surface area contributed by atoms with E-state index in [0.717, 1.165) is 37.5 Å². The quantitative estimate of drug-likeness (QED) is 0.835. The van der Waals surface area contributed by atoms with Crippen molar-refractivity contribution >= 4 is 0 Å². The van der Waals surface area contributed by atoms with Crippen molar-refractivity contribution in [3.63, 3.8) is 0 Å². The molecule has 124 valence electrons. The van der Waals surface area contributed by atoms with Crippen LogP contribution in [0.2, 0.25) is 0 Å². The average Bonchev–Trinajstić information content (AvgIpc) is 3.15. The lowest BCUT2D eigenvalue weighted by atomic mass is 9.74. The molecule has 3 rings (SSSR count). The summed E-state index contributed by atoms with van der Waals surface area (Å²) in [4.78, 5) is 5.07. The number of fused-ring (bicyclic) bond motifs is 1. The number of nitrogens with one attached hydrogen (secondary N) is 1. The van der Waals surface area contributed by atoms with E-state index in [1.807, 2.05) is 6.20 Å². The second-order valence-corrected chi connectivity index (χ2v) is 7.15. The fraction of sp³-hybridized carbons (Fsp3) is 0.824. The van der Waals surface area contributed by atoms with Crippen LogP contribution in [-0.4, -0.2) is 66.9 Å². The summed E-state index contributed by atoms with van der Waals surface area (Å²) in [5.74, 6) is 2.63. The second kappa shape index (κ2) is 7.57. The van der Waals surface area contributed by atoms with Crippen LogP contribution in [0.4, 0.5) is 0 Å². The molecule has 2 fully saturated rings. The molecule has 0 aromatic carbocycles. The molecule has 0 unspecified atom stereocenters. The Morgan fingerprint density at radius 1 is 1.41 bits per heavy atom. The molecule has 22 heavy (non-hydrogen) atoms. The topological polar surface area (TPSA) is 44.4 Å². The number of nitrogens with zero attached hydrogens (tertiary/aromatic N) is 3. The Balaban J connectivity index is 1.53. The number of likely N-dealkylation sites (N-methyl/N-ethyl adjacent to an activating group) is 1. The maximum atomic E-state index is 5.20. The smallest absolute Gasteiger partial charge is 0.0589 e. The second-order valence-electron chi connectivity index (χ2n) is 7.15. The van der Waals surface area contributed by atoms with Crippen molar-refractivity contribution in [1.29, 1.82) is 0 Å². The van der Waals surface area contributed by atoms with Crippen LogP contribution in [0.25, 0.3) is 0 Å². The fourth-order valence-electron chi connectivity index (χ4n) is 4.39. The van der Waals surface area contributed by atoms with E-state index in [-0.39, 0.29) is 0 Å². The highest BCUT2D eigenvalue weighted by Gasteiger charge is 2.40. The minimum Gasteiger partial charge on any atom is -0.383 e. The van der Waals surface area contributed by atoms with E-state index in [4.69, 9.17) is 4.74 Å². The summed E-state index contributed by atoms with van der Waals surface area (Å²) >= 11 is 0. The summed E-state index contributed by atoms with van der Waals surface area (Å²) < 4.78 is 5.20. The number of aromatic amines is 1. The number of rotatable bonds is 7. The van der Waals surface area contributed by atoms with Gasteiger partial charge in [0.15, 0.2) is 0 Å². The minimum absolute atomic E-state index is 0.837. The molecule has 1 aliphatic heterocycles. The lowest BCUT2D eigenvalue weighted by molar-refractivity contribution is 0.117. The summed E-state index contributed by atoms with van der Waals surface area (Å²) in [6.07, 6.45) is 6.08. The van der Waals surface area contributed by atoms with Gasteiger partial charge in [-0.3, -0.25) is 10.00 Å². The standard InChI is InChI=1S/C17H30N4O/c1-20(8-9-22-2)10-14-4-3-5-15-11-21(13-17(14)15)12-16-6-7-18-19-16/h6-7,14-15,17H,3-5,8-13H2,1-2H3,(H,18,19)/t14-,15+,17+/m0/s1. The fourth-order valence-corrected chi connectivity index (χ4v) is 4.39. The molecule has 2 aliphatic rings. The number of ether oxygens (including phenoxy) is 1. The zero-order valence-corrected chi connectivity index (χ0v) is 14.0. The van der Waals surface area contributed by atoms with E-state index in [9.17, 15) is 0 Å². The van der Waals surface area contributed by atoms with E-state index in [1.165, 1.54) is 44.6 Å². The van der Waals surface area contributed by atoms with Crippen molar-refractivity contribution in [1.82, 2.24) is 20.0 Å². The molecule has 5 nitrogen and oxygen atoms in total. The number of aromatic nitrogens is 2. The maximum absolute atomic E-state index is 5.20. The highest BCUT2D eigenvalue weighted by molar-refractivity contribution is 5.00. The van der Waals surface area contributed by atoms with Crippen molar-refractivity contribution in [2.24, 2.45) is 17.8 Å². The monoisotopic (exact) mass is 306 g/mol. The van der Waals surface area contributed by atoms with Crippen molar-refractivity contribution in [3.8, 4) is 0 Å². The lowest BCUT2D eigenvalue weighted by Crippen LogP contribution is -2.37. The lowest BCUT2D eigenvalue weighted by Gasteiger charge is -2.35. The molecule has 0 amide bonds. The first-order chi connectivity index (χ1) is 10.8. The number of hydrogen-bond acceptors (Lipinski definition) is 4. The number of H-pyrrole nitrogens is 1. The van der Waals surface area contributed by atoms with E-state index in [2.05, 4.69) is 33.1 Å². The first-order valence-electron chi connectivity index (χ1n) is 8.64. The Morgan fingerprint density at radius 2 is 2.32 bits per heavy atom. The number of hydrogen-bond donors (Lipinski definition) is 1. The van der Waals surface area contributed by atoms with Gasteiger partial charge >= 0.3 is 0 Å². The van der Waals surface area contributed by atoms with Crippen LogP contribution < -0.4 is 0 Å². The maximum Gasteiger partial charge on any atom is 0.0589 e. The highest BCUT2D eigenvalue weighted by atomic mass is 16.5. The molecule has 1 saturated carbocycles. The van der Waals surface area contributed by atoms with Gasteiger partial charge in [0.1, 0.15) is 0 Å².